The number of nitrogens with two attached hydrogens (primary N) is 1. The summed E-state index contributed by atoms with van der Waals surface area (Å²) in [5.74, 6) is -0.0727. The standard InChI is InChI=1S/C13H28N2O4/c1-4-18-10-7-15(8-11-19-5-2)13(16)12(14)6-9-17-3/h12H,4-11,14H2,1-3H3. The van der Waals surface area contributed by atoms with Gasteiger partial charge in [0.1, 0.15) is 0 Å². The van der Waals surface area contributed by atoms with Gasteiger partial charge in [0.15, 0.2) is 0 Å². The lowest BCUT2D eigenvalue weighted by atomic mass is 10.2. The molecule has 0 aromatic rings. The van der Waals surface area contributed by atoms with Crippen molar-refractivity contribution < 1.29 is 19.0 Å². The quantitative estimate of drug-likeness (QED) is 0.517. The smallest absolute Gasteiger partial charge is 0.239 e. The van der Waals surface area contributed by atoms with Crippen molar-refractivity contribution in [1.82, 2.24) is 4.90 Å². The summed E-state index contributed by atoms with van der Waals surface area (Å²) < 4.78 is 15.5. The van der Waals surface area contributed by atoms with Gasteiger partial charge in [-0.1, -0.05) is 0 Å². The average Bonchev–Trinajstić information content (AvgIpc) is 2.42. The van der Waals surface area contributed by atoms with Crippen LogP contribution in [0.5, 0.6) is 0 Å². The van der Waals surface area contributed by atoms with Gasteiger partial charge in [0.25, 0.3) is 0 Å². The molecule has 0 spiro atoms. The van der Waals surface area contributed by atoms with Crippen LogP contribution in [0.3, 0.4) is 0 Å². The van der Waals surface area contributed by atoms with Crippen molar-refractivity contribution in [1.29, 1.82) is 0 Å². The Morgan fingerprint density at radius 2 is 1.63 bits per heavy atom. The van der Waals surface area contributed by atoms with Crippen LogP contribution in [0.2, 0.25) is 0 Å². The summed E-state index contributed by atoms with van der Waals surface area (Å²) in [5.41, 5.74) is 5.86. The molecule has 19 heavy (non-hydrogen) atoms. The van der Waals surface area contributed by atoms with E-state index in [0.717, 1.165) is 0 Å². The molecule has 0 aromatic heterocycles. The van der Waals surface area contributed by atoms with Gasteiger partial charge in [-0.25, -0.2) is 0 Å². The second kappa shape index (κ2) is 12.3. The van der Waals surface area contributed by atoms with Crippen molar-refractivity contribution in [3.05, 3.63) is 0 Å². The second-order valence-electron chi connectivity index (χ2n) is 4.11. The van der Waals surface area contributed by atoms with E-state index in [9.17, 15) is 4.79 Å². The van der Waals surface area contributed by atoms with Crippen LogP contribution in [-0.2, 0) is 19.0 Å². The zero-order valence-electron chi connectivity index (χ0n) is 12.4. The van der Waals surface area contributed by atoms with E-state index in [2.05, 4.69) is 0 Å². The molecule has 1 atom stereocenters. The van der Waals surface area contributed by atoms with Gasteiger partial charge < -0.3 is 24.8 Å². The van der Waals surface area contributed by atoms with Gasteiger partial charge in [0, 0.05) is 40.0 Å². The number of hydrogen-bond acceptors (Lipinski definition) is 5. The molecule has 114 valence electrons. The summed E-state index contributed by atoms with van der Waals surface area (Å²) in [6.45, 7) is 7.75. The molecule has 1 amide bonds. The maximum atomic E-state index is 12.2. The van der Waals surface area contributed by atoms with Crippen molar-refractivity contribution >= 4 is 5.91 Å². The van der Waals surface area contributed by atoms with E-state index in [4.69, 9.17) is 19.9 Å². The zero-order chi connectivity index (χ0) is 14.5. The van der Waals surface area contributed by atoms with Crippen molar-refractivity contribution in [3.8, 4) is 0 Å². The number of rotatable bonds is 12. The molecule has 0 saturated carbocycles. The second-order valence-corrected chi connectivity index (χ2v) is 4.11. The van der Waals surface area contributed by atoms with Crippen LogP contribution in [0.25, 0.3) is 0 Å². The number of carbonyl (C=O) groups excluding carboxylic acids is 1. The molecule has 1 unspecified atom stereocenters. The van der Waals surface area contributed by atoms with E-state index in [0.29, 0.717) is 52.5 Å². The third-order valence-electron chi connectivity index (χ3n) is 2.68. The highest BCUT2D eigenvalue weighted by molar-refractivity contribution is 5.81. The third-order valence-corrected chi connectivity index (χ3v) is 2.68. The Morgan fingerprint density at radius 1 is 1.11 bits per heavy atom. The largest absolute Gasteiger partial charge is 0.385 e. The Hall–Kier alpha value is -0.690. The molecule has 0 radical (unpaired) electrons. The SMILES string of the molecule is CCOCCN(CCOCC)C(=O)C(N)CCOC. The molecule has 0 aliphatic rings. The fourth-order valence-electron chi connectivity index (χ4n) is 1.57. The Labute approximate surface area is 116 Å². The zero-order valence-corrected chi connectivity index (χ0v) is 12.4. The lowest BCUT2D eigenvalue weighted by Crippen LogP contribution is -2.46. The summed E-state index contributed by atoms with van der Waals surface area (Å²) in [6.07, 6.45) is 0.523. The van der Waals surface area contributed by atoms with Crippen molar-refractivity contribution in [2.45, 2.75) is 26.3 Å². The van der Waals surface area contributed by atoms with Crippen LogP contribution in [0.15, 0.2) is 0 Å². The molecule has 6 nitrogen and oxygen atoms in total. The van der Waals surface area contributed by atoms with E-state index in [1.54, 1.807) is 12.0 Å². The van der Waals surface area contributed by atoms with Crippen LogP contribution in [0.4, 0.5) is 0 Å². The summed E-state index contributed by atoms with van der Waals surface area (Å²) in [7, 11) is 1.60. The van der Waals surface area contributed by atoms with E-state index < -0.39 is 6.04 Å². The van der Waals surface area contributed by atoms with Gasteiger partial charge in [0.2, 0.25) is 5.91 Å². The number of ether oxygens (including phenoxy) is 3. The predicted molar refractivity (Wildman–Crippen MR) is 74.0 cm³/mol. The van der Waals surface area contributed by atoms with Gasteiger partial charge in [-0.15, -0.1) is 0 Å². The minimum atomic E-state index is -0.525. The molecule has 0 aliphatic heterocycles. The van der Waals surface area contributed by atoms with Crippen LogP contribution in [0.1, 0.15) is 20.3 Å². The van der Waals surface area contributed by atoms with Gasteiger partial charge in [-0.3, -0.25) is 4.79 Å². The molecular weight excluding hydrogens is 248 g/mol. The molecule has 0 fully saturated rings. The first-order valence-electron chi connectivity index (χ1n) is 6.86. The number of amides is 1. The van der Waals surface area contributed by atoms with Crippen molar-refractivity contribution in [2.24, 2.45) is 5.73 Å². The Bertz CT molecular complexity index is 217. The molecular formula is C13H28N2O4. The minimum absolute atomic E-state index is 0.0727. The summed E-state index contributed by atoms with van der Waals surface area (Å²) in [5, 5.41) is 0. The molecule has 0 bridgehead atoms. The molecule has 0 heterocycles. The fraction of sp³-hybridized carbons (Fsp3) is 0.923. The number of hydrogen-bond donors (Lipinski definition) is 1. The lowest BCUT2D eigenvalue weighted by Gasteiger charge is -2.25. The highest BCUT2D eigenvalue weighted by atomic mass is 16.5. The maximum absolute atomic E-state index is 12.2. The first kappa shape index (κ1) is 18.3. The number of methoxy groups -OCH3 is 1. The van der Waals surface area contributed by atoms with Gasteiger partial charge in [0.05, 0.1) is 19.3 Å². The lowest BCUT2D eigenvalue weighted by molar-refractivity contribution is -0.134. The van der Waals surface area contributed by atoms with Gasteiger partial charge >= 0.3 is 0 Å². The van der Waals surface area contributed by atoms with E-state index in [1.807, 2.05) is 13.8 Å². The Balaban J connectivity index is 4.21. The predicted octanol–water partition coefficient (Wildman–Crippen LogP) is 0.252. The molecule has 0 aromatic carbocycles. The van der Waals surface area contributed by atoms with Gasteiger partial charge in [-0.05, 0) is 20.3 Å². The first-order chi connectivity index (χ1) is 9.17. The van der Waals surface area contributed by atoms with Crippen molar-refractivity contribution in [2.75, 3.05) is 53.2 Å². The highest BCUT2D eigenvalue weighted by Gasteiger charge is 2.20. The highest BCUT2D eigenvalue weighted by Crippen LogP contribution is 1.99. The fourth-order valence-corrected chi connectivity index (χ4v) is 1.57. The molecule has 6 heteroatoms. The average molecular weight is 276 g/mol. The van der Waals surface area contributed by atoms with Crippen LogP contribution in [-0.4, -0.2) is 70.1 Å². The Kier molecular flexibility index (Phi) is 11.9. The molecule has 2 N–H and O–H groups in total. The van der Waals surface area contributed by atoms with Crippen LogP contribution < -0.4 is 5.73 Å². The molecule has 0 saturated heterocycles. The maximum Gasteiger partial charge on any atom is 0.239 e. The van der Waals surface area contributed by atoms with Crippen LogP contribution >= 0.6 is 0 Å². The van der Waals surface area contributed by atoms with Gasteiger partial charge in [-0.2, -0.15) is 0 Å². The number of nitrogens with zero attached hydrogens (tertiary/aromatic N) is 1. The first-order valence-corrected chi connectivity index (χ1v) is 6.86. The van der Waals surface area contributed by atoms with E-state index >= 15 is 0 Å². The summed E-state index contributed by atoms with van der Waals surface area (Å²) >= 11 is 0. The Morgan fingerprint density at radius 3 is 2.05 bits per heavy atom. The monoisotopic (exact) mass is 276 g/mol. The van der Waals surface area contributed by atoms with E-state index in [-0.39, 0.29) is 5.91 Å². The van der Waals surface area contributed by atoms with E-state index in [1.165, 1.54) is 0 Å². The minimum Gasteiger partial charge on any atom is -0.385 e. The third kappa shape index (κ3) is 8.93. The normalized spacial score (nSPS) is 12.4. The topological polar surface area (TPSA) is 74.0 Å². The number of carbonyl (C=O) groups is 1. The molecule has 0 rings (SSSR count). The molecule has 0 aliphatic carbocycles. The van der Waals surface area contributed by atoms with Crippen molar-refractivity contribution in [3.63, 3.8) is 0 Å². The summed E-state index contributed by atoms with van der Waals surface area (Å²) in [6, 6.07) is -0.525. The van der Waals surface area contributed by atoms with Crippen LogP contribution in [0, 0.1) is 0 Å². The summed E-state index contributed by atoms with van der Waals surface area (Å²) in [4.78, 5) is 13.9.